The maximum atomic E-state index is 13.6. The standard InChI is InChI=1S/C37H60O3/c1-9-15-31(33(14-6)35(39)18-26(8)38)22-30-23-34-32(17-16-25(7)37(34)36(40)24-30)21-29(19-27(10-2)11-3)20-28(12-4)13-5/h16-17,27-31,33H,9-15,18-24H2,1-8H3. The van der Waals surface area contributed by atoms with Gasteiger partial charge >= 0.3 is 0 Å². The zero-order valence-corrected chi connectivity index (χ0v) is 27.2. The zero-order chi connectivity index (χ0) is 29.8. The number of rotatable bonds is 19. The topological polar surface area (TPSA) is 51.2 Å². The van der Waals surface area contributed by atoms with Gasteiger partial charge in [0.1, 0.15) is 11.6 Å². The van der Waals surface area contributed by atoms with Gasteiger partial charge in [-0.3, -0.25) is 14.4 Å². The van der Waals surface area contributed by atoms with Gasteiger partial charge < -0.3 is 0 Å². The Balaban J connectivity index is 2.37. The predicted molar refractivity (Wildman–Crippen MR) is 169 cm³/mol. The third-order valence-corrected chi connectivity index (χ3v) is 10.2. The highest BCUT2D eigenvalue weighted by atomic mass is 16.1. The van der Waals surface area contributed by atoms with Crippen LogP contribution in [0.25, 0.3) is 0 Å². The molecule has 0 aromatic heterocycles. The second-order valence-electron chi connectivity index (χ2n) is 13.1. The van der Waals surface area contributed by atoms with Crippen molar-refractivity contribution >= 4 is 17.3 Å². The number of hydrogen-bond donors (Lipinski definition) is 0. The lowest BCUT2D eigenvalue weighted by Gasteiger charge is -2.33. The van der Waals surface area contributed by atoms with Crippen molar-refractivity contribution in [2.75, 3.05) is 0 Å². The largest absolute Gasteiger partial charge is 0.300 e. The molecule has 0 spiro atoms. The van der Waals surface area contributed by atoms with E-state index in [1.165, 1.54) is 56.6 Å². The molecule has 1 aliphatic carbocycles. The summed E-state index contributed by atoms with van der Waals surface area (Å²) in [5, 5.41) is 0. The number of carbonyl (C=O) groups excluding carboxylic acids is 3. The smallest absolute Gasteiger partial charge is 0.163 e. The first-order valence-electron chi connectivity index (χ1n) is 16.8. The molecule has 1 aliphatic rings. The van der Waals surface area contributed by atoms with Crippen LogP contribution in [0, 0.1) is 42.4 Å². The van der Waals surface area contributed by atoms with Crippen LogP contribution < -0.4 is 0 Å². The Morgan fingerprint density at radius 3 is 1.95 bits per heavy atom. The van der Waals surface area contributed by atoms with Crippen LogP contribution in [0.4, 0.5) is 0 Å². The summed E-state index contributed by atoms with van der Waals surface area (Å²) in [7, 11) is 0. The van der Waals surface area contributed by atoms with E-state index >= 15 is 0 Å². The van der Waals surface area contributed by atoms with E-state index in [1.807, 2.05) is 0 Å². The lowest BCUT2D eigenvalue weighted by molar-refractivity contribution is -0.129. The average Bonchev–Trinajstić information content (AvgIpc) is 2.91. The minimum absolute atomic E-state index is 0.0445. The fraction of sp³-hybridized carbons (Fsp3) is 0.757. The lowest BCUT2D eigenvalue weighted by atomic mass is 9.70. The van der Waals surface area contributed by atoms with E-state index in [0.29, 0.717) is 18.1 Å². The monoisotopic (exact) mass is 552 g/mol. The normalized spacial score (nSPS) is 17.0. The van der Waals surface area contributed by atoms with Crippen LogP contribution in [-0.4, -0.2) is 17.3 Å². The third-order valence-electron chi connectivity index (χ3n) is 10.2. The Bertz CT molecular complexity index is 938. The number of carbonyl (C=O) groups is 3. The van der Waals surface area contributed by atoms with Crippen LogP contribution in [0.5, 0.6) is 0 Å². The molecule has 0 amide bonds. The summed E-state index contributed by atoms with van der Waals surface area (Å²) >= 11 is 0. The molecule has 3 heteroatoms. The van der Waals surface area contributed by atoms with Crippen LogP contribution in [-0.2, 0) is 22.4 Å². The summed E-state index contributed by atoms with van der Waals surface area (Å²) in [5.41, 5.74) is 4.81. The van der Waals surface area contributed by atoms with Crippen molar-refractivity contribution in [1.29, 1.82) is 0 Å². The Morgan fingerprint density at radius 2 is 1.45 bits per heavy atom. The van der Waals surface area contributed by atoms with Crippen molar-refractivity contribution in [2.24, 2.45) is 35.5 Å². The van der Waals surface area contributed by atoms with E-state index in [4.69, 9.17) is 0 Å². The molecule has 0 fully saturated rings. The summed E-state index contributed by atoms with van der Waals surface area (Å²) < 4.78 is 0. The van der Waals surface area contributed by atoms with Gasteiger partial charge in [0.15, 0.2) is 5.78 Å². The second kappa shape index (κ2) is 17.2. The molecule has 0 saturated heterocycles. The SMILES string of the molecule is CCCC(CC1CC(=O)c2c(C)ccc(CC(CC(CC)CC)CC(CC)CC)c2C1)C(CC)C(=O)CC(C)=O. The number of ketones is 3. The summed E-state index contributed by atoms with van der Waals surface area (Å²) in [6, 6.07) is 4.51. The van der Waals surface area contributed by atoms with Gasteiger partial charge in [0, 0.05) is 17.9 Å². The third kappa shape index (κ3) is 9.66. The fourth-order valence-corrected chi connectivity index (χ4v) is 7.76. The molecule has 226 valence electrons. The Labute approximate surface area is 246 Å². The van der Waals surface area contributed by atoms with Crippen LogP contribution in [0.1, 0.15) is 153 Å². The first-order chi connectivity index (χ1) is 19.1. The second-order valence-corrected chi connectivity index (χ2v) is 13.1. The van der Waals surface area contributed by atoms with Crippen molar-refractivity contribution in [3.05, 3.63) is 34.4 Å². The molecule has 0 heterocycles. The number of benzene rings is 1. The lowest BCUT2D eigenvalue weighted by Crippen LogP contribution is -2.30. The number of aryl methyl sites for hydroxylation is 1. The molecular formula is C37H60O3. The van der Waals surface area contributed by atoms with E-state index in [0.717, 1.165) is 61.5 Å². The Morgan fingerprint density at radius 1 is 0.850 bits per heavy atom. The molecule has 3 unspecified atom stereocenters. The number of fused-ring (bicyclic) bond motifs is 1. The molecule has 0 N–H and O–H groups in total. The molecule has 2 rings (SSSR count). The summed E-state index contributed by atoms with van der Waals surface area (Å²) in [4.78, 5) is 38.4. The predicted octanol–water partition coefficient (Wildman–Crippen LogP) is 9.93. The molecular weight excluding hydrogens is 492 g/mol. The van der Waals surface area contributed by atoms with Gasteiger partial charge in [-0.2, -0.15) is 0 Å². The molecule has 0 radical (unpaired) electrons. The van der Waals surface area contributed by atoms with Gasteiger partial charge in [0.25, 0.3) is 0 Å². The fourth-order valence-electron chi connectivity index (χ4n) is 7.76. The van der Waals surface area contributed by atoms with Crippen molar-refractivity contribution in [1.82, 2.24) is 0 Å². The highest BCUT2D eigenvalue weighted by Crippen LogP contribution is 2.39. The van der Waals surface area contributed by atoms with Crippen LogP contribution >= 0.6 is 0 Å². The van der Waals surface area contributed by atoms with Crippen LogP contribution in [0.3, 0.4) is 0 Å². The van der Waals surface area contributed by atoms with Crippen molar-refractivity contribution in [3.63, 3.8) is 0 Å². The number of Topliss-reactive ketones (excluding diaryl/α,β-unsaturated/α-hetero) is 3. The van der Waals surface area contributed by atoms with E-state index in [-0.39, 0.29) is 35.7 Å². The molecule has 40 heavy (non-hydrogen) atoms. The van der Waals surface area contributed by atoms with Gasteiger partial charge in [0.2, 0.25) is 0 Å². The summed E-state index contributed by atoms with van der Waals surface area (Å²) in [6.45, 7) is 17.2. The van der Waals surface area contributed by atoms with Crippen molar-refractivity contribution < 1.29 is 14.4 Å². The number of hydrogen-bond acceptors (Lipinski definition) is 3. The van der Waals surface area contributed by atoms with E-state index in [9.17, 15) is 14.4 Å². The van der Waals surface area contributed by atoms with E-state index < -0.39 is 0 Å². The van der Waals surface area contributed by atoms with Crippen LogP contribution in [0.2, 0.25) is 0 Å². The van der Waals surface area contributed by atoms with Gasteiger partial charge in [-0.25, -0.2) is 0 Å². The highest BCUT2D eigenvalue weighted by molar-refractivity contribution is 6.00. The molecule has 1 aromatic rings. The minimum Gasteiger partial charge on any atom is -0.300 e. The molecule has 0 bridgehead atoms. The van der Waals surface area contributed by atoms with Crippen molar-refractivity contribution in [3.8, 4) is 0 Å². The van der Waals surface area contributed by atoms with E-state index in [1.54, 1.807) is 0 Å². The molecule has 0 aliphatic heterocycles. The van der Waals surface area contributed by atoms with Crippen molar-refractivity contribution in [2.45, 2.75) is 145 Å². The average molecular weight is 553 g/mol. The van der Waals surface area contributed by atoms with Gasteiger partial charge in [0.05, 0.1) is 6.42 Å². The summed E-state index contributed by atoms with van der Waals surface area (Å²) in [5.74, 6) is 2.96. The van der Waals surface area contributed by atoms with Gasteiger partial charge in [-0.15, -0.1) is 0 Å². The summed E-state index contributed by atoms with van der Waals surface area (Å²) in [6.07, 6.45) is 13.8. The molecule has 3 nitrogen and oxygen atoms in total. The minimum atomic E-state index is -0.0817. The molecule has 0 saturated carbocycles. The van der Waals surface area contributed by atoms with Crippen LogP contribution in [0.15, 0.2) is 12.1 Å². The van der Waals surface area contributed by atoms with E-state index in [2.05, 4.69) is 60.6 Å². The quantitative estimate of drug-likeness (QED) is 0.160. The highest BCUT2D eigenvalue weighted by Gasteiger charge is 2.34. The molecule has 3 atom stereocenters. The van der Waals surface area contributed by atoms with Gasteiger partial charge in [-0.1, -0.05) is 92.2 Å². The maximum absolute atomic E-state index is 13.6. The first-order valence-corrected chi connectivity index (χ1v) is 16.8. The van der Waals surface area contributed by atoms with Gasteiger partial charge in [-0.05, 0) is 98.7 Å². The first kappa shape index (κ1) is 34.4. The molecule has 1 aromatic carbocycles. The zero-order valence-electron chi connectivity index (χ0n) is 27.2. The Kier molecular flexibility index (Phi) is 14.8. The maximum Gasteiger partial charge on any atom is 0.163 e. The Hall–Kier alpha value is -1.77.